The summed E-state index contributed by atoms with van der Waals surface area (Å²) in [5.41, 5.74) is 0. The molecule has 0 radical (unpaired) electrons. The van der Waals surface area contributed by atoms with Crippen LogP contribution in [0.2, 0.25) is 0 Å². The molecule has 1 N–H and O–H groups in total. The first-order chi connectivity index (χ1) is 8.33. The zero-order valence-corrected chi connectivity index (χ0v) is 10.4. The van der Waals surface area contributed by atoms with Crippen molar-refractivity contribution in [1.82, 2.24) is 9.80 Å². The van der Waals surface area contributed by atoms with Crippen molar-refractivity contribution in [3.63, 3.8) is 0 Å². The molecule has 0 aromatic carbocycles. The molecule has 0 aliphatic carbocycles. The van der Waals surface area contributed by atoms with Gasteiger partial charge in [-0.05, 0) is 19.4 Å². The second-order valence-corrected chi connectivity index (χ2v) is 4.54. The topological polar surface area (TPSA) is 43.8 Å². The molecule has 0 aromatic heterocycles. The predicted molar refractivity (Wildman–Crippen MR) is 60.4 cm³/mol. The molecule has 1 saturated heterocycles. The third kappa shape index (κ3) is 4.81. The SMILES string of the molecule is CCC(C(=O)O)N1CCCN(CC(F)(F)F)CC1. The number of rotatable bonds is 4. The number of hydrogen-bond acceptors (Lipinski definition) is 3. The lowest BCUT2D eigenvalue weighted by molar-refractivity contribution is -0.147. The first-order valence-corrected chi connectivity index (χ1v) is 6.09. The van der Waals surface area contributed by atoms with Gasteiger partial charge in [-0.2, -0.15) is 13.2 Å². The van der Waals surface area contributed by atoms with Gasteiger partial charge in [0.2, 0.25) is 0 Å². The molecule has 0 aromatic rings. The van der Waals surface area contributed by atoms with Gasteiger partial charge in [0.25, 0.3) is 0 Å². The van der Waals surface area contributed by atoms with E-state index in [0.29, 0.717) is 32.5 Å². The lowest BCUT2D eigenvalue weighted by Crippen LogP contribution is -2.43. The maximum Gasteiger partial charge on any atom is 0.401 e. The molecule has 4 nitrogen and oxygen atoms in total. The zero-order chi connectivity index (χ0) is 13.8. The summed E-state index contributed by atoms with van der Waals surface area (Å²) in [6.07, 6.45) is -3.15. The number of carboxylic acid groups (broad SMARTS) is 1. The van der Waals surface area contributed by atoms with E-state index in [1.165, 1.54) is 4.90 Å². The van der Waals surface area contributed by atoms with Crippen LogP contribution in [0, 0.1) is 0 Å². The van der Waals surface area contributed by atoms with Crippen LogP contribution in [-0.4, -0.2) is 65.8 Å². The van der Waals surface area contributed by atoms with Gasteiger partial charge < -0.3 is 5.11 Å². The van der Waals surface area contributed by atoms with E-state index in [4.69, 9.17) is 5.11 Å². The van der Waals surface area contributed by atoms with Crippen molar-refractivity contribution < 1.29 is 23.1 Å². The van der Waals surface area contributed by atoms with Gasteiger partial charge in [-0.25, -0.2) is 0 Å². The number of hydrogen-bond donors (Lipinski definition) is 1. The fraction of sp³-hybridized carbons (Fsp3) is 0.909. The number of nitrogens with zero attached hydrogens (tertiary/aromatic N) is 2. The van der Waals surface area contributed by atoms with Gasteiger partial charge in [-0.1, -0.05) is 6.92 Å². The van der Waals surface area contributed by atoms with Crippen LogP contribution in [-0.2, 0) is 4.79 Å². The van der Waals surface area contributed by atoms with Crippen LogP contribution >= 0.6 is 0 Å². The molecule has 0 bridgehead atoms. The molecule has 18 heavy (non-hydrogen) atoms. The molecule has 106 valence electrons. The molecule has 0 spiro atoms. The van der Waals surface area contributed by atoms with E-state index in [0.717, 1.165) is 0 Å². The maximum atomic E-state index is 12.3. The fourth-order valence-corrected chi connectivity index (χ4v) is 2.30. The van der Waals surface area contributed by atoms with Crippen molar-refractivity contribution in [2.75, 3.05) is 32.7 Å². The number of alkyl halides is 3. The Morgan fingerprint density at radius 2 is 1.94 bits per heavy atom. The highest BCUT2D eigenvalue weighted by molar-refractivity contribution is 5.73. The zero-order valence-electron chi connectivity index (χ0n) is 10.4. The number of aliphatic carboxylic acids is 1. The van der Waals surface area contributed by atoms with Gasteiger partial charge in [-0.15, -0.1) is 0 Å². The Labute approximate surface area is 104 Å². The quantitative estimate of drug-likeness (QED) is 0.837. The van der Waals surface area contributed by atoms with Gasteiger partial charge >= 0.3 is 12.1 Å². The van der Waals surface area contributed by atoms with Gasteiger partial charge in [-0.3, -0.25) is 14.6 Å². The second kappa shape index (κ2) is 6.38. The molecule has 7 heteroatoms. The Morgan fingerprint density at radius 3 is 2.44 bits per heavy atom. The average Bonchev–Trinajstić information content (AvgIpc) is 2.42. The monoisotopic (exact) mass is 268 g/mol. The van der Waals surface area contributed by atoms with Crippen LogP contribution in [0.3, 0.4) is 0 Å². The van der Waals surface area contributed by atoms with E-state index in [2.05, 4.69) is 0 Å². The molecular weight excluding hydrogens is 249 g/mol. The lowest BCUT2D eigenvalue weighted by Gasteiger charge is -2.26. The Kier molecular flexibility index (Phi) is 5.40. The summed E-state index contributed by atoms with van der Waals surface area (Å²) in [6, 6.07) is -0.587. The molecule has 0 amide bonds. The van der Waals surface area contributed by atoms with E-state index >= 15 is 0 Å². The van der Waals surface area contributed by atoms with Gasteiger partial charge in [0.15, 0.2) is 0 Å². The number of carboxylic acids is 1. The summed E-state index contributed by atoms with van der Waals surface area (Å²) in [5, 5.41) is 9.03. The normalized spacial score (nSPS) is 21.6. The van der Waals surface area contributed by atoms with Crippen LogP contribution in [0.4, 0.5) is 13.2 Å². The summed E-state index contributed by atoms with van der Waals surface area (Å²) in [7, 11) is 0. The van der Waals surface area contributed by atoms with Crippen LogP contribution in [0.1, 0.15) is 19.8 Å². The largest absolute Gasteiger partial charge is 0.480 e. The molecule has 1 unspecified atom stereocenters. The minimum atomic E-state index is -4.19. The van der Waals surface area contributed by atoms with Crippen molar-refractivity contribution in [3.8, 4) is 0 Å². The van der Waals surface area contributed by atoms with Crippen LogP contribution in [0.15, 0.2) is 0 Å². The van der Waals surface area contributed by atoms with Gasteiger partial charge in [0.05, 0.1) is 6.54 Å². The van der Waals surface area contributed by atoms with E-state index < -0.39 is 24.7 Å². The third-order valence-electron chi connectivity index (χ3n) is 3.14. The van der Waals surface area contributed by atoms with Gasteiger partial charge in [0.1, 0.15) is 6.04 Å². The molecular formula is C11H19F3N2O2. The van der Waals surface area contributed by atoms with Crippen molar-refractivity contribution >= 4 is 5.97 Å². The molecule has 1 atom stereocenters. The van der Waals surface area contributed by atoms with Crippen molar-refractivity contribution in [2.24, 2.45) is 0 Å². The summed E-state index contributed by atoms with van der Waals surface area (Å²) in [5.74, 6) is -0.901. The molecule has 1 aliphatic heterocycles. The maximum absolute atomic E-state index is 12.3. The summed E-state index contributed by atoms with van der Waals surface area (Å²) < 4.78 is 36.8. The van der Waals surface area contributed by atoms with E-state index in [-0.39, 0.29) is 6.54 Å². The van der Waals surface area contributed by atoms with E-state index in [9.17, 15) is 18.0 Å². The Morgan fingerprint density at radius 1 is 1.28 bits per heavy atom. The second-order valence-electron chi connectivity index (χ2n) is 4.54. The lowest BCUT2D eigenvalue weighted by atomic mass is 10.2. The highest BCUT2D eigenvalue weighted by Gasteiger charge is 2.32. The van der Waals surface area contributed by atoms with Crippen molar-refractivity contribution in [2.45, 2.75) is 32.0 Å². The highest BCUT2D eigenvalue weighted by atomic mass is 19.4. The van der Waals surface area contributed by atoms with Crippen LogP contribution in [0.5, 0.6) is 0 Å². The predicted octanol–water partition coefficient (Wildman–Crippen LogP) is 1.42. The summed E-state index contributed by atoms with van der Waals surface area (Å²) in [4.78, 5) is 14.1. The van der Waals surface area contributed by atoms with E-state index in [1.54, 1.807) is 11.8 Å². The first-order valence-electron chi connectivity index (χ1n) is 6.09. The Hall–Kier alpha value is -0.820. The first kappa shape index (κ1) is 15.2. The minimum Gasteiger partial charge on any atom is -0.480 e. The summed E-state index contributed by atoms with van der Waals surface area (Å²) >= 11 is 0. The summed E-state index contributed by atoms with van der Waals surface area (Å²) in [6.45, 7) is 2.41. The molecule has 0 saturated carbocycles. The molecule has 1 rings (SSSR count). The van der Waals surface area contributed by atoms with Crippen molar-refractivity contribution in [1.29, 1.82) is 0 Å². The van der Waals surface area contributed by atoms with Crippen LogP contribution in [0.25, 0.3) is 0 Å². The molecule has 1 fully saturated rings. The third-order valence-corrected chi connectivity index (χ3v) is 3.14. The molecule has 1 heterocycles. The Balaban J connectivity index is 2.53. The number of halogens is 3. The minimum absolute atomic E-state index is 0.267. The van der Waals surface area contributed by atoms with E-state index in [1.807, 2.05) is 0 Å². The number of carbonyl (C=O) groups is 1. The fourth-order valence-electron chi connectivity index (χ4n) is 2.30. The van der Waals surface area contributed by atoms with Crippen molar-refractivity contribution in [3.05, 3.63) is 0 Å². The molecule has 1 aliphatic rings. The van der Waals surface area contributed by atoms with Gasteiger partial charge in [0, 0.05) is 19.6 Å². The van der Waals surface area contributed by atoms with Crippen LogP contribution < -0.4 is 0 Å². The standard InChI is InChI=1S/C11H19F3N2O2/c1-2-9(10(17)18)16-5-3-4-15(6-7-16)8-11(12,13)14/h9H,2-8H2,1H3,(H,17,18). The highest BCUT2D eigenvalue weighted by Crippen LogP contribution is 2.18. The Bertz CT molecular complexity index is 284. The average molecular weight is 268 g/mol. The smallest absolute Gasteiger partial charge is 0.401 e.